The second kappa shape index (κ2) is 4.73. The van der Waals surface area contributed by atoms with Gasteiger partial charge in [-0.25, -0.2) is 0 Å². The van der Waals surface area contributed by atoms with Gasteiger partial charge in [-0.1, -0.05) is 6.92 Å². The molecular weight excluding hydrogens is 218 g/mol. The van der Waals surface area contributed by atoms with Crippen LogP contribution in [0.5, 0.6) is 0 Å². The van der Waals surface area contributed by atoms with E-state index < -0.39 is 0 Å². The van der Waals surface area contributed by atoms with Gasteiger partial charge < -0.3 is 4.57 Å². The van der Waals surface area contributed by atoms with Gasteiger partial charge in [-0.15, -0.1) is 10.2 Å². The van der Waals surface area contributed by atoms with Crippen LogP contribution in [0.3, 0.4) is 0 Å². The number of hydrogen-bond acceptors (Lipinski definition) is 4. The third-order valence-electron chi connectivity index (χ3n) is 2.47. The molecule has 2 aromatic rings. The van der Waals surface area contributed by atoms with Gasteiger partial charge in [-0.05, 0) is 18.1 Å². The van der Waals surface area contributed by atoms with E-state index in [2.05, 4.69) is 20.5 Å². The molecule has 0 aromatic carbocycles. The number of anilines is 1. The topological polar surface area (TPSA) is 72.7 Å². The van der Waals surface area contributed by atoms with Crippen molar-refractivity contribution in [3.8, 4) is 0 Å². The van der Waals surface area contributed by atoms with Crippen LogP contribution in [0.1, 0.15) is 22.8 Å². The number of nitrogens with one attached hydrogen (secondary N) is 1. The fourth-order valence-corrected chi connectivity index (χ4v) is 1.50. The number of carbonyl (C=O) groups excluding carboxylic acids is 1. The first-order valence-electron chi connectivity index (χ1n) is 5.30. The minimum absolute atomic E-state index is 0.194. The van der Waals surface area contributed by atoms with Crippen molar-refractivity contribution < 1.29 is 4.79 Å². The summed E-state index contributed by atoms with van der Waals surface area (Å²) in [6.45, 7) is 1.98. The van der Waals surface area contributed by atoms with Crippen LogP contribution in [0.15, 0.2) is 24.8 Å². The van der Waals surface area contributed by atoms with Gasteiger partial charge in [0.25, 0.3) is 5.91 Å². The molecule has 2 rings (SSSR count). The summed E-state index contributed by atoms with van der Waals surface area (Å²) < 4.78 is 1.64. The summed E-state index contributed by atoms with van der Waals surface area (Å²) in [7, 11) is 1.77. The zero-order valence-electron chi connectivity index (χ0n) is 9.71. The summed E-state index contributed by atoms with van der Waals surface area (Å²) in [5.74, 6) is 0.231. The number of aromatic nitrogens is 4. The van der Waals surface area contributed by atoms with Gasteiger partial charge in [0.05, 0.1) is 0 Å². The molecule has 0 saturated heterocycles. The highest BCUT2D eigenvalue weighted by atomic mass is 16.1. The van der Waals surface area contributed by atoms with Crippen molar-refractivity contribution in [1.82, 2.24) is 19.7 Å². The Morgan fingerprint density at radius 1 is 1.53 bits per heavy atom. The lowest BCUT2D eigenvalue weighted by atomic mass is 10.1. The van der Waals surface area contributed by atoms with Crippen LogP contribution in [0.4, 0.5) is 5.95 Å². The molecule has 0 spiro atoms. The first kappa shape index (κ1) is 11.3. The smallest absolute Gasteiger partial charge is 0.258 e. The van der Waals surface area contributed by atoms with E-state index >= 15 is 0 Å². The van der Waals surface area contributed by atoms with Crippen molar-refractivity contribution in [2.24, 2.45) is 7.05 Å². The van der Waals surface area contributed by atoms with E-state index in [-0.39, 0.29) is 5.91 Å². The highest BCUT2D eigenvalue weighted by Crippen LogP contribution is 2.10. The Labute approximate surface area is 98.7 Å². The second-order valence-electron chi connectivity index (χ2n) is 3.61. The third kappa shape index (κ3) is 2.30. The Balaban J connectivity index is 2.23. The molecule has 2 heterocycles. The summed E-state index contributed by atoms with van der Waals surface area (Å²) in [5, 5.41) is 10.2. The van der Waals surface area contributed by atoms with Crippen LogP contribution in [0.25, 0.3) is 0 Å². The first-order valence-corrected chi connectivity index (χ1v) is 5.30. The maximum atomic E-state index is 12.0. The third-order valence-corrected chi connectivity index (χ3v) is 2.47. The molecule has 2 aromatic heterocycles. The van der Waals surface area contributed by atoms with Gasteiger partial charge in [0, 0.05) is 25.0 Å². The van der Waals surface area contributed by atoms with Crippen LogP contribution in [-0.2, 0) is 13.5 Å². The molecule has 1 amide bonds. The fourth-order valence-electron chi connectivity index (χ4n) is 1.50. The Morgan fingerprint density at radius 2 is 2.35 bits per heavy atom. The maximum Gasteiger partial charge on any atom is 0.258 e. The number of aryl methyl sites for hydroxylation is 2. The average Bonchev–Trinajstić information content (AvgIpc) is 2.75. The molecule has 6 heteroatoms. The zero-order valence-corrected chi connectivity index (χ0v) is 9.71. The van der Waals surface area contributed by atoms with Gasteiger partial charge in [0.1, 0.15) is 6.33 Å². The molecule has 88 valence electrons. The molecule has 0 fully saturated rings. The first-order chi connectivity index (χ1) is 8.22. The molecule has 0 bridgehead atoms. The molecule has 6 nitrogen and oxygen atoms in total. The monoisotopic (exact) mass is 231 g/mol. The summed E-state index contributed by atoms with van der Waals surface area (Å²) in [4.78, 5) is 16.0. The van der Waals surface area contributed by atoms with Gasteiger partial charge in [-0.2, -0.15) is 0 Å². The van der Waals surface area contributed by atoms with E-state index in [9.17, 15) is 4.79 Å². The standard InChI is InChI=1S/C11H13N5O/c1-3-8-6-12-5-4-9(8)10(17)14-11-15-13-7-16(11)2/h4-7H,3H2,1-2H3,(H,14,15,17). The lowest BCUT2D eigenvalue weighted by Gasteiger charge is -2.07. The molecule has 1 N–H and O–H groups in total. The average molecular weight is 231 g/mol. The van der Waals surface area contributed by atoms with Crippen molar-refractivity contribution in [2.75, 3.05) is 5.32 Å². The minimum Gasteiger partial charge on any atom is -0.303 e. The van der Waals surface area contributed by atoms with E-state index in [4.69, 9.17) is 0 Å². The molecule has 0 radical (unpaired) electrons. The van der Waals surface area contributed by atoms with E-state index in [1.165, 1.54) is 6.33 Å². The molecule has 0 atom stereocenters. The van der Waals surface area contributed by atoms with Crippen LogP contribution in [0, 0.1) is 0 Å². The summed E-state index contributed by atoms with van der Waals surface area (Å²) in [6, 6.07) is 1.70. The highest BCUT2D eigenvalue weighted by Gasteiger charge is 2.12. The van der Waals surface area contributed by atoms with E-state index in [0.29, 0.717) is 11.5 Å². The van der Waals surface area contributed by atoms with Gasteiger partial charge in [0.2, 0.25) is 5.95 Å². The van der Waals surface area contributed by atoms with Crippen LogP contribution in [0.2, 0.25) is 0 Å². The molecule has 0 aliphatic heterocycles. The van der Waals surface area contributed by atoms with Crippen molar-refractivity contribution in [2.45, 2.75) is 13.3 Å². The number of nitrogens with zero attached hydrogens (tertiary/aromatic N) is 4. The Morgan fingerprint density at radius 3 is 3.00 bits per heavy atom. The van der Waals surface area contributed by atoms with Gasteiger partial charge >= 0.3 is 0 Å². The molecule has 0 saturated carbocycles. The van der Waals surface area contributed by atoms with Crippen molar-refractivity contribution in [3.63, 3.8) is 0 Å². The normalized spacial score (nSPS) is 10.2. The number of amides is 1. The zero-order chi connectivity index (χ0) is 12.3. The lowest BCUT2D eigenvalue weighted by molar-refractivity contribution is 0.102. The Kier molecular flexibility index (Phi) is 3.13. The number of hydrogen-bond donors (Lipinski definition) is 1. The van der Waals surface area contributed by atoms with Crippen LogP contribution < -0.4 is 5.32 Å². The largest absolute Gasteiger partial charge is 0.303 e. The SMILES string of the molecule is CCc1cnccc1C(=O)Nc1nncn1C. The fraction of sp³-hybridized carbons (Fsp3) is 0.273. The van der Waals surface area contributed by atoms with Gasteiger partial charge in [0.15, 0.2) is 0 Å². The van der Waals surface area contributed by atoms with Crippen LogP contribution in [-0.4, -0.2) is 25.7 Å². The number of pyridine rings is 1. The quantitative estimate of drug-likeness (QED) is 0.856. The Bertz CT molecular complexity index is 534. The van der Waals surface area contributed by atoms with E-state index in [1.807, 2.05) is 6.92 Å². The maximum absolute atomic E-state index is 12.0. The molecule has 0 aliphatic rings. The molecular formula is C11H13N5O. The Hall–Kier alpha value is -2.24. The van der Waals surface area contributed by atoms with Crippen molar-refractivity contribution in [1.29, 1.82) is 0 Å². The lowest BCUT2D eigenvalue weighted by Crippen LogP contribution is -2.16. The summed E-state index contributed by atoms with van der Waals surface area (Å²) in [5.41, 5.74) is 1.53. The minimum atomic E-state index is -0.194. The van der Waals surface area contributed by atoms with Gasteiger partial charge in [-0.3, -0.25) is 15.1 Å². The highest BCUT2D eigenvalue weighted by molar-refractivity contribution is 6.04. The molecule has 0 unspecified atom stereocenters. The number of rotatable bonds is 3. The van der Waals surface area contributed by atoms with Crippen molar-refractivity contribution >= 4 is 11.9 Å². The predicted molar refractivity (Wildman–Crippen MR) is 62.6 cm³/mol. The van der Waals surface area contributed by atoms with E-state index in [0.717, 1.165) is 12.0 Å². The van der Waals surface area contributed by atoms with E-state index in [1.54, 1.807) is 30.1 Å². The molecule has 0 aliphatic carbocycles. The van der Waals surface area contributed by atoms with Crippen molar-refractivity contribution in [3.05, 3.63) is 35.9 Å². The van der Waals surface area contributed by atoms with Crippen LogP contribution >= 0.6 is 0 Å². The summed E-state index contributed by atoms with van der Waals surface area (Å²) in [6.07, 6.45) is 5.59. The number of carbonyl (C=O) groups is 1. The predicted octanol–water partition coefficient (Wildman–Crippen LogP) is 1.02. The molecule has 17 heavy (non-hydrogen) atoms. The summed E-state index contributed by atoms with van der Waals surface area (Å²) >= 11 is 0. The second-order valence-corrected chi connectivity index (χ2v) is 3.61.